The van der Waals surface area contributed by atoms with Gasteiger partial charge >= 0.3 is 0 Å². The van der Waals surface area contributed by atoms with Crippen LogP contribution in [0, 0.1) is 5.41 Å². The van der Waals surface area contributed by atoms with Crippen molar-refractivity contribution < 1.29 is 9.47 Å². The monoisotopic (exact) mass is 215 g/mol. The average molecular weight is 215 g/mol. The van der Waals surface area contributed by atoms with Gasteiger partial charge in [-0.15, -0.1) is 0 Å². The van der Waals surface area contributed by atoms with E-state index in [1.54, 1.807) is 7.11 Å². The van der Waals surface area contributed by atoms with Gasteiger partial charge in [0.25, 0.3) is 0 Å². The van der Waals surface area contributed by atoms with Crippen molar-refractivity contribution in [1.29, 1.82) is 0 Å². The van der Waals surface area contributed by atoms with Crippen LogP contribution in [0.3, 0.4) is 0 Å². The first-order valence-electron chi connectivity index (χ1n) is 6.14. The standard InChI is InChI=1S/C10H19NO2.C2H6/c1-12-7-5-11-4-2-10(8-11)3-6-13-9-10;1-2/h2-9H2,1H3;1-2H3. The van der Waals surface area contributed by atoms with Gasteiger partial charge in [-0.1, -0.05) is 13.8 Å². The molecule has 0 aromatic carbocycles. The Labute approximate surface area is 93.7 Å². The van der Waals surface area contributed by atoms with Gasteiger partial charge in [0.15, 0.2) is 0 Å². The summed E-state index contributed by atoms with van der Waals surface area (Å²) in [6, 6.07) is 0. The van der Waals surface area contributed by atoms with E-state index in [4.69, 9.17) is 9.47 Å². The summed E-state index contributed by atoms with van der Waals surface area (Å²) < 4.78 is 10.6. The van der Waals surface area contributed by atoms with Crippen LogP contribution in [0.15, 0.2) is 0 Å². The topological polar surface area (TPSA) is 21.7 Å². The maximum Gasteiger partial charge on any atom is 0.0589 e. The summed E-state index contributed by atoms with van der Waals surface area (Å²) in [6.07, 6.45) is 2.58. The minimum atomic E-state index is 0.508. The van der Waals surface area contributed by atoms with Gasteiger partial charge in [0.2, 0.25) is 0 Å². The molecule has 1 spiro atoms. The van der Waals surface area contributed by atoms with Crippen LogP contribution in [-0.2, 0) is 9.47 Å². The molecular weight excluding hydrogens is 190 g/mol. The van der Waals surface area contributed by atoms with E-state index in [1.807, 2.05) is 13.8 Å². The number of hydrogen-bond acceptors (Lipinski definition) is 3. The fourth-order valence-electron chi connectivity index (χ4n) is 2.41. The second-order valence-electron chi connectivity index (χ2n) is 4.32. The molecule has 0 aromatic heterocycles. The SMILES string of the molecule is CC.COCCN1CCC2(CCOC2)C1. The van der Waals surface area contributed by atoms with Gasteiger partial charge in [-0.05, 0) is 19.4 Å². The van der Waals surface area contributed by atoms with Crippen LogP contribution < -0.4 is 0 Å². The number of methoxy groups -OCH3 is 1. The summed E-state index contributed by atoms with van der Waals surface area (Å²) in [5.74, 6) is 0. The highest BCUT2D eigenvalue weighted by Gasteiger charge is 2.40. The van der Waals surface area contributed by atoms with Crippen LogP contribution in [0.5, 0.6) is 0 Å². The Balaban J connectivity index is 0.000000531. The first kappa shape index (κ1) is 12.9. The second-order valence-corrected chi connectivity index (χ2v) is 4.32. The largest absolute Gasteiger partial charge is 0.383 e. The summed E-state index contributed by atoms with van der Waals surface area (Å²) in [7, 11) is 1.77. The molecule has 0 saturated carbocycles. The molecular formula is C12H25NO2. The Morgan fingerprint density at radius 1 is 1.33 bits per heavy atom. The molecule has 2 rings (SSSR count). The Kier molecular flexibility index (Phi) is 5.58. The predicted octanol–water partition coefficient (Wildman–Crippen LogP) is 1.77. The van der Waals surface area contributed by atoms with E-state index in [9.17, 15) is 0 Å². The van der Waals surface area contributed by atoms with Gasteiger partial charge < -0.3 is 14.4 Å². The number of hydrogen-bond donors (Lipinski definition) is 0. The van der Waals surface area contributed by atoms with Crippen LogP contribution >= 0.6 is 0 Å². The van der Waals surface area contributed by atoms with Crippen LogP contribution in [0.4, 0.5) is 0 Å². The zero-order valence-corrected chi connectivity index (χ0v) is 10.4. The highest BCUT2D eigenvalue weighted by atomic mass is 16.5. The first-order chi connectivity index (χ1) is 7.35. The van der Waals surface area contributed by atoms with Crippen LogP contribution in [0.25, 0.3) is 0 Å². The van der Waals surface area contributed by atoms with Gasteiger partial charge in [0.1, 0.15) is 0 Å². The molecule has 2 fully saturated rings. The first-order valence-corrected chi connectivity index (χ1v) is 6.14. The van der Waals surface area contributed by atoms with E-state index in [-0.39, 0.29) is 0 Å². The van der Waals surface area contributed by atoms with Crippen molar-refractivity contribution in [1.82, 2.24) is 4.90 Å². The normalized spacial score (nSPS) is 30.6. The molecule has 2 heterocycles. The van der Waals surface area contributed by atoms with Crippen molar-refractivity contribution in [2.24, 2.45) is 5.41 Å². The predicted molar refractivity (Wildman–Crippen MR) is 62.2 cm³/mol. The van der Waals surface area contributed by atoms with E-state index in [1.165, 1.54) is 25.9 Å². The smallest absolute Gasteiger partial charge is 0.0589 e. The second kappa shape index (κ2) is 6.46. The summed E-state index contributed by atoms with van der Waals surface area (Å²) in [4.78, 5) is 2.50. The lowest BCUT2D eigenvalue weighted by Gasteiger charge is -2.21. The molecule has 1 atom stereocenters. The van der Waals surface area contributed by atoms with Crippen molar-refractivity contribution in [3.63, 3.8) is 0 Å². The molecule has 0 amide bonds. The van der Waals surface area contributed by atoms with Crippen molar-refractivity contribution in [2.75, 3.05) is 46.6 Å². The van der Waals surface area contributed by atoms with E-state index >= 15 is 0 Å². The highest BCUT2D eigenvalue weighted by Crippen LogP contribution is 2.37. The molecule has 0 aliphatic carbocycles. The van der Waals surface area contributed by atoms with Crippen LogP contribution in [0.1, 0.15) is 26.7 Å². The fraction of sp³-hybridized carbons (Fsp3) is 1.00. The molecule has 1 unspecified atom stereocenters. The van der Waals surface area contributed by atoms with Gasteiger partial charge in [0, 0.05) is 32.2 Å². The van der Waals surface area contributed by atoms with E-state index < -0.39 is 0 Å². The van der Waals surface area contributed by atoms with Crippen molar-refractivity contribution in [3.05, 3.63) is 0 Å². The number of likely N-dealkylation sites (tertiary alicyclic amines) is 1. The van der Waals surface area contributed by atoms with Crippen LogP contribution in [-0.4, -0.2) is 51.5 Å². The molecule has 3 heteroatoms. The third kappa shape index (κ3) is 3.44. The lowest BCUT2D eigenvalue weighted by molar-refractivity contribution is 0.136. The van der Waals surface area contributed by atoms with Gasteiger partial charge in [-0.25, -0.2) is 0 Å². The molecule has 0 aromatic rings. The quantitative estimate of drug-likeness (QED) is 0.716. The molecule has 0 radical (unpaired) electrons. The zero-order valence-electron chi connectivity index (χ0n) is 10.4. The summed E-state index contributed by atoms with van der Waals surface area (Å²) >= 11 is 0. The Morgan fingerprint density at radius 3 is 2.73 bits per heavy atom. The van der Waals surface area contributed by atoms with E-state index in [0.29, 0.717) is 5.41 Å². The maximum absolute atomic E-state index is 5.48. The number of ether oxygens (including phenoxy) is 2. The third-order valence-corrected chi connectivity index (χ3v) is 3.31. The zero-order chi connectivity index (χ0) is 11.1. The van der Waals surface area contributed by atoms with Gasteiger partial charge in [0.05, 0.1) is 13.2 Å². The highest BCUT2D eigenvalue weighted by molar-refractivity contribution is 4.92. The lowest BCUT2D eigenvalue weighted by Crippen LogP contribution is -2.29. The lowest BCUT2D eigenvalue weighted by atomic mass is 9.87. The molecule has 2 aliphatic heterocycles. The fourth-order valence-corrected chi connectivity index (χ4v) is 2.41. The Morgan fingerprint density at radius 2 is 2.13 bits per heavy atom. The summed E-state index contributed by atoms with van der Waals surface area (Å²) in [5.41, 5.74) is 0.508. The Bertz CT molecular complexity index is 167. The van der Waals surface area contributed by atoms with E-state index in [2.05, 4.69) is 4.90 Å². The molecule has 90 valence electrons. The van der Waals surface area contributed by atoms with E-state index in [0.717, 1.165) is 26.4 Å². The molecule has 0 N–H and O–H groups in total. The molecule has 0 bridgehead atoms. The number of rotatable bonds is 3. The minimum Gasteiger partial charge on any atom is -0.383 e. The van der Waals surface area contributed by atoms with Crippen molar-refractivity contribution >= 4 is 0 Å². The summed E-state index contributed by atoms with van der Waals surface area (Å²) in [6.45, 7) is 10.3. The van der Waals surface area contributed by atoms with Crippen molar-refractivity contribution in [2.45, 2.75) is 26.7 Å². The average Bonchev–Trinajstić information content (AvgIpc) is 2.90. The summed E-state index contributed by atoms with van der Waals surface area (Å²) in [5, 5.41) is 0. The molecule has 2 aliphatic rings. The van der Waals surface area contributed by atoms with Crippen molar-refractivity contribution in [3.8, 4) is 0 Å². The minimum absolute atomic E-state index is 0.508. The molecule has 2 saturated heterocycles. The molecule has 3 nitrogen and oxygen atoms in total. The molecule has 15 heavy (non-hydrogen) atoms. The van der Waals surface area contributed by atoms with Gasteiger partial charge in [-0.2, -0.15) is 0 Å². The van der Waals surface area contributed by atoms with Crippen LogP contribution in [0.2, 0.25) is 0 Å². The Hall–Kier alpha value is -0.120. The van der Waals surface area contributed by atoms with Gasteiger partial charge in [-0.3, -0.25) is 0 Å². The maximum atomic E-state index is 5.48. The number of nitrogens with zero attached hydrogens (tertiary/aromatic N) is 1. The third-order valence-electron chi connectivity index (χ3n) is 3.31.